The van der Waals surface area contributed by atoms with Crippen LogP contribution in [0.3, 0.4) is 0 Å². The molecule has 8 nitrogen and oxygen atoms in total. The number of carbonyl (C=O) groups excluding carboxylic acids is 2. The van der Waals surface area contributed by atoms with Crippen molar-refractivity contribution in [1.29, 1.82) is 0 Å². The molecule has 0 radical (unpaired) electrons. The number of aliphatic hydroxyl groups excluding tert-OH is 2. The van der Waals surface area contributed by atoms with Crippen molar-refractivity contribution in [2.75, 3.05) is 6.61 Å². The van der Waals surface area contributed by atoms with E-state index in [0.29, 0.717) is 12.0 Å². The Morgan fingerprint density at radius 1 is 1.15 bits per heavy atom. The molecule has 2 rings (SSSR count). The molecule has 8 heteroatoms. The van der Waals surface area contributed by atoms with E-state index in [9.17, 15) is 29.7 Å². The van der Waals surface area contributed by atoms with Gasteiger partial charge in [0, 0.05) is 25.0 Å². The van der Waals surface area contributed by atoms with E-state index in [1.54, 1.807) is 71.1 Å². The van der Waals surface area contributed by atoms with Crippen LogP contribution >= 0.6 is 0 Å². The molecule has 4 N–H and O–H groups in total. The van der Waals surface area contributed by atoms with Crippen LogP contribution in [0, 0.1) is 23.2 Å². The fraction of sp³-hybridized carbons (Fsp3) is 0.516. The van der Waals surface area contributed by atoms with Gasteiger partial charge in [-0.3, -0.25) is 9.59 Å². The van der Waals surface area contributed by atoms with Crippen LogP contribution in [0.25, 0.3) is 0 Å². The fourth-order valence-corrected chi connectivity index (χ4v) is 5.33. The van der Waals surface area contributed by atoms with Gasteiger partial charge >= 0.3 is 11.9 Å². The molecular weight excluding hydrogens is 500 g/mol. The highest BCUT2D eigenvalue weighted by atomic mass is 16.5. The van der Waals surface area contributed by atoms with E-state index >= 15 is 0 Å². The number of allylic oxidation sites excluding steroid dienone is 8. The molecule has 0 bridgehead atoms. The number of esters is 1. The summed E-state index contributed by atoms with van der Waals surface area (Å²) in [5.41, 5.74) is -0.699. The highest BCUT2D eigenvalue weighted by Crippen LogP contribution is 2.53. The first kappa shape index (κ1) is 32.1. The van der Waals surface area contributed by atoms with E-state index in [4.69, 9.17) is 9.84 Å². The number of Topliss-reactive ketones (excluding diaryl/α,β-unsaturated/α-hetero) is 1. The summed E-state index contributed by atoms with van der Waals surface area (Å²) in [7, 11) is 0. The van der Waals surface area contributed by atoms with Gasteiger partial charge in [0.25, 0.3) is 0 Å². The maximum atomic E-state index is 13.3. The van der Waals surface area contributed by atoms with Gasteiger partial charge in [0.05, 0.1) is 23.0 Å². The third kappa shape index (κ3) is 7.53. The minimum atomic E-state index is -1.51. The van der Waals surface area contributed by atoms with E-state index in [1.807, 2.05) is 13.0 Å². The maximum absolute atomic E-state index is 13.3. The van der Waals surface area contributed by atoms with Crippen molar-refractivity contribution in [3.8, 4) is 0 Å². The number of rotatable bonds is 11. The topological polar surface area (TPSA) is 141 Å². The third-order valence-corrected chi connectivity index (χ3v) is 7.90. The number of hydrogen-bond donors (Lipinski definition) is 4. The first-order valence-electron chi connectivity index (χ1n) is 13.2. The van der Waals surface area contributed by atoms with Crippen LogP contribution in [-0.4, -0.2) is 62.6 Å². The molecule has 214 valence electrons. The minimum Gasteiger partial charge on any atom is -0.478 e. The van der Waals surface area contributed by atoms with Crippen molar-refractivity contribution in [2.45, 2.75) is 72.2 Å². The molecule has 0 aromatic rings. The molecule has 0 aromatic heterocycles. The number of carboxylic acids is 1. The number of hydrogen-bond acceptors (Lipinski definition) is 7. The molecule has 0 heterocycles. The Morgan fingerprint density at radius 2 is 1.79 bits per heavy atom. The predicted octanol–water partition coefficient (Wildman–Crippen LogP) is 3.85. The first-order chi connectivity index (χ1) is 18.1. The van der Waals surface area contributed by atoms with E-state index < -0.39 is 47.0 Å². The van der Waals surface area contributed by atoms with Crippen LogP contribution in [0.15, 0.2) is 71.4 Å². The molecule has 0 fully saturated rings. The van der Waals surface area contributed by atoms with Crippen molar-refractivity contribution in [3.05, 3.63) is 71.4 Å². The highest BCUT2D eigenvalue weighted by Gasteiger charge is 2.59. The number of carbonyl (C=O) groups is 3. The molecule has 2 aliphatic rings. The molecule has 0 aromatic carbocycles. The Labute approximate surface area is 230 Å². The normalized spacial score (nSPS) is 31.1. The van der Waals surface area contributed by atoms with Crippen LogP contribution in [0.4, 0.5) is 0 Å². The summed E-state index contributed by atoms with van der Waals surface area (Å²) in [6, 6.07) is 0. The number of fused-ring (bicyclic) bond motifs is 1. The molecule has 7 atom stereocenters. The van der Waals surface area contributed by atoms with Crippen LogP contribution in [0.5, 0.6) is 0 Å². The van der Waals surface area contributed by atoms with Gasteiger partial charge in [-0.05, 0) is 58.1 Å². The second-order valence-electron chi connectivity index (χ2n) is 11.0. The van der Waals surface area contributed by atoms with E-state index in [1.165, 1.54) is 6.08 Å². The van der Waals surface area contributed by atoms with Gasteiger partial charge in [-0.2, -0.15) is 0 Å². The smallest absolute Gasteiger partial charge is 0.328 e. The lowest BCUT2D eigenvalue weighted by atomic mass is 9.54. The lowest BCUT2D eigenvalue weighted by molar-refractivity contribution is -0.172. The monoisotopic (exact) mass is 542 g/mol. The summed E-state index contributed by atoms with van der Waals surface area (Å²) in [5.74, 6) is -3.40. The number of ether oxygens (including phenoxy) is 1. The van der Waals surface area contributed by atoms with Gasteiger partial charge in [0.1, 0.15) is 11.9 Å². The van der Waals surface area contributed by atoms with E-state index in [2.05, 4.69) is 0 Å². The summed E-state index contributed by atoms with van der Waals surface area (Å²) in [5, 5.41) is 40.2. The Kier molecular flexibility index (Phi) is 11.0. The minimum absolute atomic E-state index is 0.0626. The number of carboxylic acid groups (broad SMARTS) is 1. The molecule has 0 spiro atoms. The summed E-state index contributed by atoms with van der Waals surface area (Å²) in [6.45, 7) is 9.93. The van der Waals surface area contributed by atoms with E-state index in [-0.39, 0.29) is 24.7 Å². The molecule has 2 unspecified atom stereocenters. The summed E-state index contributed by atoms with van der Waals surface area (Å²) >= 11 is 0. The molecule has 39 heavy (non-hydrogen) atoms. The lowest BCUT2D eigenvalue weighted by Crippen LogP contribution is -2.59. The molecular formula is C31H42O8. The van der Waals surface area contributed by atoms with Gasteiger partial charge in [-0.15, -0.1) is 0 Å². The Hall–Kier alpha value is -3.07. The second kappa shape index (κ2) is 13.3. The van der Waals surface area contributed by atoms with Gasteiger partial charge in [0.2, 0.25) is 0 Å². The van der Waals surface area contributed by atoms with Gasteiger partial charge in [0.15, 0.2) is 0 Å². The van der Waals surface area contributed by atoms with Crippen molar-refractivity contribution in [3.63, 3.8) is 0 Å². The number of aliphatic hydroxyl groups is 3. The average molecular weight is 543 g/mol. The first-order valence-corrected chi connectivity index (χ1v) is 13.2. The SMILES string of the molecule is CC(=C/C=C/C(=O)O)/C=C/C=C(\C)C(O)C(C)C(=O)O[C@H]1C[C@@H](C)C=C2C=C[C@@](C)(O)[C@](C)(C(=O)CCO)[C@H]21. The van der Waals surface area contributed by atoms with Gasteiger partial charge in [-0.1, -0.05) is 61.1 Å². The van der Waals surface area contributed by atoms with Crippen LogP contribution in [0.2, 0.25) is 0 Å². The molecule has 0 saturated carbocycles. The van der Waals surface area contributed by atoms with Gasteiger partial charge in [-0.25, -0.2) is 4.79 Å². The summed E-state index contributed by atoms with van der Waals surface area (Å²) in [6.07, 6.45) is 13.1. The maximum Gasteiger partial charge on any atom is 0.328 e. The standard InChI is InChI=1S/C31H42O8/c1-19(10-8-12-26(34)35)9-7-11-21(3)28(36)22(4)29(37)39-24-18-20(2)17-23-13-15-30(5,38)31(6,27(23)24)25(33)14-16-32/h7-13,15,17,20,22,24,27-28,32,36,38H,14,16,18H2,1-6H3,(H,34,35)/b9-7+,12-8+,19-10-,21-11+/t20-,22?,24-,27+,28?,30+,31+/m0/s1. The quantitative estimate of drug-likeness (QED) is 0.175. The largest absolute Gasteiger partial charge is 0.478 e. The zero-order chi connectivity index (χ0) is 29.5. The van der Waals surface area contributed by atoms with Crippen molar-refractivity contribution in [1.82, 2.24) is 0 Å². The summed E-state index contributed by atoms with van der Waals surface area (Å²) < 4.78 is 5.98. The average Bonchev–Trinajstić information content (AvgIpc) is 2.85. The Bertz CT molecular complexity index is 1120. The Balaban J connectivity index is 2.24. The third-order valence-electron chi connectivity index (χ3n) is 7.90. The highest BCUT2D eigenvalue weighted by molar-refractivity contribution is 5.88. The zero-order valence-electron chi connectivity index (χ0n) is 23.6. The van der Waals surface area contributed by atoms with Gasteiger partial charge < -0.3 is 25.2 Å². The molecule has 0 saturated heterocycles. The lowest BCUT2D eigenvalue weighted by Gasteiger charge is -2.52. The zero-order valence-corrected chi connectivity index (χ0v) is 23.6. The van der Waals surface area contributed by atoms with Crippen molar-refractivity contribution < 1.29 is 39.5 Å². The summed E-state index contributed by atoms with van der Waals surface area (Å²) in [4.78, 5) is 37.1. The van der Waals surface area contributed by atoms with Crippen molar-refractivity contribution in [2.24, 2.45) is 23.2 Å². The number of ketones is 1. The molecule has 0 aliphatic heterocycles. The molecule has 0 amide bonds. The van der Waals surface area contributed by atoms with Crippen molar-refractivity contribution >= 4 is 17.7 Å². The van der Waals surface area contributed by atoms with E-state index in [0.717, 1.165) is 17.2 Å². The van der Waals surface area contributed by atoms with Crippen LogP contribution in [-0.2, 0) is 19.1 Å². The second-order valence-corrected chi connectivity index (χ2v) is 11.0. The number of aliphatic carboxylic acids is 1. The Morgan fingerprint density at radius 3 is 2.41 bits per heavy atom. The predicted molar refractivity (Wildman–Crippen MR) is 148 cm³/mol. The van der Waals surface area contributed by atoms with Crippen LogP contribution in [0.1, 0.15) is 54.4 Å². The van der Waals surface area contributed by atoms with Crippen LogP contribution < -0.4 is 0 Å². The molecule has 2 aliphatic carbocycles. The fourth-order valence-electron chi connectivity index (χ4n) is 5.33.